The Balaban J connectivity index is 1.82. The third-order valence-electron chi connectivity index (χ3n) is 5.23. The van der Waals surface area contributed by atoms with Crippen LogP contribution in [-0.4, -0.2) is 74.2 Å². The lowest BCUT2D eigenvalue weighted by atomic mass is 10.1. The normalized spacial score (nSPS) is 14.5. The number of hydroxylamine groups is 2. The summed E-state index contributed by atoms with van der Waals surface area (Å²) in [7, 11) is 5.09. The van der Waals surface area contributed by atoms with Gasteiger partial charge < -0.3 is 9.80 Å². The number of hydrogen-bond donors (Lipinski definition) is 0. The molecule has 30 heavy (non-hydrogen) atoms. The highest BCUT2D eigenvalue weighted by molar-refractivity contribution is 9.10. The molecule has 1 aliphatic rings. The van der Waals surface area contributed by atoms with Crippen LogP contribution in [0.5, 0.6) is 0 Å². The number of likely N-dealkylation sites (N-methyl/N-ethyl adjacent to an activating group) is 1. The molecule has 0 aliphatic carbocycles. The van der Waals surface area contributed by atoms with E-state index in [0.717, 1.165) is 28.8 Å². The van der Waals surface area contributed by atoms with Crippen molar-refractivity contribution in [2.75, 3.05) is 52.3 Å². The fourth-order valence-corrected chi connectivity index (χ4v) is 3.67. The quantitative estimate of drug-likeness (QED) is 0.622. The van der Waals surface area contributed by atoms with Gasteiger partial charge in [-0.25, -0.2) is 9.86 Å². The average molecular weight is 475 g/mol. The van der Waals surface area contributed by atoms with Crippen LogP contribution in [0.2, 0.25) is 0 Å². The molecule has 0 aromatic heterocycles. The van der Waals surface area contributed by atoms with Crippen molar-refractivity contribution in [1.82, 2.24) is 14.9 Å². The zero-order valence-corrected chi connectivity index (χ0v) is 19.1. The van der Waals surface area contributed by atoms with Crippen LogP contribution in [-0.2, 0) is 11.4 Å². The Kier molecular flexibility index (Phi) is 7.47. The highest BCUT2D eigenvalue weighted by Crippen LogP contribution is 2.24. The molecule has 160 valence electrons. The SMILES string of the molecule is CON(C)C(=O)c1ccc(CN(C(=O)N2CCN(C)CC2)c2cccc(Br)c2)cc1. The van der Waals surface area contributed by atoms with Crippen LogP contribution < -0.4 is 4.90 Å². The van der Waals surface area contributed by atoms with Crippen molar-refractivity contribution in [3.05, 3.63) is 64.1 Å². The minimum absolute atomic E-state index is 0.0135. The first-order chi connectivity index (χ1) is 14.4. The van der Waals surface area contributed by atoms with Gasteiger partial charge in [0.1, 0.15) is 0 Å². The molecule has 2 aromatic carbocycles. The monoisotopic (exact) mass is 474 g/mol. The third-order valence-corrected chi connectivity index (χ3v) is 5.72. The second-order valence-corrected chi connectivity index (χ2v) is 8.24. The maximum absolute atomic E-state index is 13.4. The fourth-order valence-electron chi connectivity index (χ4n) is 3.28. The first kappa shape index (κ1) is 22.3. The second-order valence-electron chi connectivity index (χ2n) is 7.32. The predicted octanol–water partition coefficient (Wildman–Crippen LogP) is 3.46. The Morgan fingerprint density at radius 2 is 1.73 bits per heavy atom. The summed E-state index contributed by atoms with van der Waals surface area (Å²) >= 11 is 3.50. The van der Waals surface area contributed by atoms with Crippen molar-refractivity contribution in [2.24, 2.45) is 0 Å². The van der Waals surface area contributed by atoms with Gasteiger partial charge in [0, 0.05) is 49.0 Å². The Morgan fingerprint density at radius 1 is 1.07 bits per heavy atom. The molecular formula is C22H27BrN4O3. The summed E-state index contributed by atoms with van der Waals surface area (Å²) in [5, 5.41) is 1.18. The lowest BCUT2D eigenvalue weighted by Gasteiger charge is -2.36. The Hall–Kier alpha value is -2.42. The zero-order chi connectivity index (χ0) is 21.7. The fraction of sp³-hybridized carbons (Fsp3) is 0.364. The van der Waals surface area contributed by atoms with Crippen LogP contribution in [0.4, 0.5) is 10.5 Å². The van der Waals surface area contributed by atoms with E-state index in [1.165, 1.54) is 12.2 Å². The van der Waals surface area contributed by atoms with E-state index in [0.29, 0.717) is 25.2 Å². The van der Waals surface area contributed by atoms with Gasteiger partial charge in [0.15, 0.2) is 0 Å². The Labute approximate surface area is 185 Å². The second kappa shape index (κ2) is 10.1. The summed E-state index contributed by atoms with van der Waals surface area (Å²) in [6.07, 6.45) is 0. The van der Waals surface area contributed by atoms with Gasteiger partial charge in [0.05, 0.1) is 13.7 Å². The van der Waals surface area contributed by atoms with Crippen LogP contribution in [0, 0.1) is 0 Å². The maximum Gasteiger partial charge on any atom is 0.324 e. The summed E-state index contributed by atoms with van der Waals surface area (Å²) < 4.78 is 0.916. The molecule has 1 heterocycles. The van der Waals surface area contributed by atoms with E-state index in [1.54, 1.807) is 24.1 Å². The largest absolute Gasteiger partial charge is 0.324 e. The number of carbonyl (C=O) groups excluding carboxylic acids is 2. The molecule has 1 fully saturated rings. The van der Waals surface area contributed by atoms with E-state index in [-0.39, 0.29) is 11.9 Å². The molecule has 0 radical (unpaired) electrons. The van der Waals surface area contributed by atoms with E-state index < -0.39 is 0 Å². The van der Waals surface area contributed by atoms with Crippen molar-refractivity contribution in [1.29, 1.82) is 0 Å². The van der Waals surface area contributed by atoms with E-state index in [4.69, 9.17) is 4.84 Å². The molecule has 0 saturated carbocycles. The summed E-state index contributed by atoms with van der Waals surface area (Å²) in [4.78, 5) is 36.5. The first-order valence-electron chi connectivity index (χ1n) is 9.80. The molecule has 8 heteroatoms. The molecule has 1 saturated heterocycles. The standard InChI is InChI=1S/C22H27BrN4O3/c1-24-11-13-26(14-12-24)22(29)27(20-6-4-5-19(23)15-20)16-17-7-9-18(10-8-17)21(28)25(2)30-3/h4-10,15H,11-14,16H2,1-3H3. The predicted molar refractivity (Wildman–Crippen MR) is 120 cm³/mol. The van der Waals surface area contributed by atoms with Gasteiger partial charge in [-0.3, -0.25) is 14.5 Å². The Morgan fingerprint density at radius 3 is 2.33 bits per heavy atom. The van der Waals surface area contributed by atoms with Gasteiger partial charge >= 0.3 is 6.03 Å². The van der Waals surface area contributed by atoms with Gasteiger partial charge in [-0.1, -0.05) is 34.1 Å². The summed E-state index contributed by atoms with van der Waals surface area (Å²) in [6.45, 7) is 3.55. The molecular weight excluding hydrogens is 448 g/mol. The lowest BCUT2D eigenvalue weighted by Crippen LogP contribution is -2.51. The van der Waals surface area contributed by atoms with Crippen molar-refractivity contribution in [2.45, 2.75) is 6.54 Å². The molecule has 0 spiro atoms. The molecule has 0 atom stereocenters. The van der Waals surface area contributed by atoms with Gasteiger partial charge in [0.25, 0.3) is 5.91 Å². The number of halogens is 1. The topological polar surface area (TPSA) is 56.3 Å². The minimum atomic E-state index is -0.221. The summed E-state index contributed by atoms with van der Waals surface area (Å²) in [5.74, 6) is -0.221. The van der Waals surface area contributed by atoms with E-state index in [9.17, 15) is 9.59 Å². The number of piperazine rings is 1. The molecule has 0 N–H and O–H groups in total. The number of rotatable bonds is 5. The van der Waals surface area contributed by atoms with Crippen molar-refractivity contribution in [3.8, 4) is 0 Å². The minimum Gasteiger partial charge on any atom is -0.322 e. The van der Waals surface area contributed by atoms with Crippen LogP contribution in [0.1, 0.15) is 15.9 Å². The molecule has 3 rings (SSSR count). The average Bonchev–Trinajstić information content (AvgIpc) is 2.77. The lowest BCUT2D eigenvalue weighted by molar-refractivity contribution is -0.0756. The molecule has 7 nitrogen and oxygen atoms in total. The number of amides is 3. The van der Waals surface area contributed by atoms with Crippen molar-refractivity contribution < 1.29 is 14.4 Å². The smallest absolute Gasteiger partial charge is 0.322 e. The number of nitrogens with zero attached hydrogens (tertiary/aromatic N) is 4. The first-order valence-corrected chi connectivity index (χ1v) is 10.6. The van der Waals surface area contributed by atoms with Crippen LogP contribution >= 0.6 is 15.9 Å². The third kappa shape index (κ3) is 5.38. The van der Waals surface area contributed by atoms with Gasteiger partial charge in [-0.2, -0.15) is 0 Å². The van der Waals surface area contributed by atoms with Gasteiger partial charge in [-0.05, 0) is 42.9 Å². The highest BCUT2D eigenvalue weighted by atomic mass is 79.9. The van der Waals surface area contributed by atoms with Crippen LogP contribution in [0.3, 0.4) is 0 Å². The molecule has 2 aromatic rings. The van der Waals surface area contributed by atoms with Crippen LogP contribution in [0.15, 0.2) is 53.0 Å². The summed E-state index contributed by atoms with van der Waals surface area (Å²) in [5.41, 5.74) is 2.30. The summed E-state index contributed by atoms with van der Waals surface area (Å²) in [6, 6.07) is 15.0. The van der Waals surface area contributed by atoms with Gasteiger partial charge in [0.2, 0.25) is 0 Å². The van der Waals surface area contributed by atoms with Crippen molar-refractivity contribution >= 4 is 33.6 Å². The highest BCUT2D eigenvalue weighted by Gasteiger charge is 2.25. The Bertz CT molecular complexity index is 882. The van der Waals surface area contributed by atoms with Gasteiger partial charge in [-0.15, -0.1) is 0 Å². The molecule has 0 unspecified atom stereocenters. The number of carbonyl (C=O) groups is 2. The van der Waals surface area contributed by atoms with E-state index >= 15 is 0 Å². The zero-order valence-electron chi connectivity index (χ0n) is 17.5. The molecule has 0 bridgehead atoms. The molecule has 3 amide bonds. The van der Waals surface area contributed by atoms with E-state index in [1.807, 2.05) is 41.3 Å². The molecule has 1 aliphatic heterocycles. The maximum atomic E-state index is 13.4. The van der Waals surface area contributed by atoms with Crippen molar-refractivity contribution in [3.63, 3.8) is 0 Å². The number of benzene rings is 2. The van der Waals surface area contributed by atoms with Crippen LogP contribution in [0.25, 0.3) is 0 Å². The number of anilines is 1. The number of hydrogen-bond acceptors (Lipinski definition) is 4. The van der Waals surface area contributed by atoms with E-state index in [2.05, 4.69) is 27.9 Å². The number of urea groups is 1.